The largest absolute Gasteiger partial charge is 0.409 e. The first-order valence-corrected chi connectivity index (χ1v) is 4.86. The third-order valence-corrected chi connectivity index (χ3v) is 2.13. The molecule has 0 spiro atoms. The Morgan fingerprint density at radius 1 is 1.81 bits per heavy atom. The fourth-order valence-corrected chi connectivity index (χ4v) is 1.22. The molecule has 0 aliphatic rings. The molecule has 1 atom stereocenters. The van der Waals surface area contributed by atoms with Gasteiger partial charge in [-0.3, -0.25) is 9.48 Å². The second-order valence-electron chi connectivity index (χ2n) is 3.33. The SMILES string of the molecule is CCC(NC(=O)c1ccn(C)n1)/C(N)=N/O. The van der Waals surface area contributed by atoms with Crippen LogP contribution >= 0.6 is 0 Å². The van der Waals surface area contributed by atoms with Gasteiger partial charge in [0.1, 0.15) is 5.69 Å². The van der Waals surface area contributed by atoms with Crippen LogP contribution in [0.5, 0.6) is 0 Å². The van der Waals surface area contributed by atoms with Gasteiger partial charge in [0, 0.05) is 13.2 Å². The number of amidine groups is 1. The summed E-state index contributed by atoms with van der Waals surface area (Å²) >= 11 is 0. The van der Waals surface area contributed by atoms with E-state index in [4.69, 9.17) is 10.9 Å². The lowest BCUT2D eigenvalue weighted by molar-refractivity contribution is 0.0940. The molecule has 88 valence electrons. The van der Waals surface area contributed by atoms with Gasteiger partial charge in [-0.15, -0.1) is 0 Å². The molecule has 7 heteroatoms. The highest BCUT2D eigenvalue weighted by Crippen LogP contribution is 1.97. The maximum atomic E-state index is 11.7. The van der Waals surface area contributed by atoms with Gasteiger partial charge in [-0.1, -0.05) is 12.1 Å². The third kappa shape index (κ3) is 2.72. The van der Waals surface area contributed by atoms with Crippen molar-refractivity contribution in [1.82, 2.24) is 15.1 Å². The molecular weight excluding hydrogens is 210 g/mol. The van der Waals surface area contributed by atoms with Gasteiger partial charge in [0.05, 0.1) is 6.04 Å². The van der Waals surface area contributed by atoms with E-state index in [1.807, 2.05) is 6.92 Å². The highest BCUT2D eigenvalue weighted by atomic mass is 16.4. The number of amides is 1. The van der Waals surface area contributed by atoms with Crippen molar-refractivity contribution in [2.24, 2.45) is 17.9 Å². The van der Waals surface area contributed by atoms with E-state index in [0.717, 1.165) is 0 Å². The Bertz CT molecular complexity index is 398. The van der Waals surface area contributed by atoms with Crippen LogP contribution in [0.3, 0.4) is 0 Å². The summed E-state index contributed by atoms with van der Waals surface area (Å²) in [5, 5.41) is 17.9. The van der Waals surface area contributed by atoms with Crippen LogP contribution in [0.15, 0.2) is 17.4 Å². The predicted molar refractivity (Wildman–Crippen MR) is 58.2 cm³/mol. The van der Waals surface area contributed by atoms with E-state index < -0.39 is 6.04 Å². The highest BCUT2D eigenvalue weighted by molar-refractivity contribution is 5.96. The average Bonchev–Trinajstić information content (AvgIpc) is 2.71. The van der Waals surface area contributed by atoms with Crippen LogP contribution in [0, 0.1) is 0 Å². The first kappa shape index (κ1) is 12.0. The van der Waals surface area contributed by atoms with Crippen LogP contribution in [0.25, 0.3) is 0 Å². The molecule has 1 rings (SSSR count). The highest BCUT2D eigenvalue weighted by Gasteiger charge is 2.17. The van der Waals surface area contributed by atoms with Gasteiger partial charge in [-0.05, 0) is 12.5 Å². The molecule has 0 radical (unpaired) electrons. The monoisotopic (exact) mass is 225 g/mol. The summed E-state index contributed by atoms with van der Waals surface area (Å²) in [7, 11) is 1.72. The van der Waals surface area contributed by atoms with Gasteiger partial charge >= 0.3 is 0 Å². The number of aryl methyl sites for hydroxylation is 1. The molecule has 0 bridgehead atoms. The number of nitrogens with one attached hydrogen (secondary N) is 1. The smallest absolute Gasteiger partial charge is 0.272 e. The summed E-state index contributed by atoms with van der Waals surface area (Å²) in [6, 6.07) is 1.11. The number of oxime groups is 1. The van der Waals surface area contributed by atoms with Crippen LogP contribution in [0.4, 0.5) is 0 Å². The zero-order chi connectivity index (χ0) is 12.1. The van der Waals surface area contributed by atoms with E-state index in [2.05, 4.69) is 15.6 Å². The molecule has 1 heterocycles. The van der Waals surface area contributed by atoms with Crippen LogP contribution < -0.4 is 11.1 Å². The van der Waals surface area contributed by atoms with Crippen LogP contribution in [-0.2, 0) is 7.05 Å². The first-order chi connectivity index (χ1) is 7.58. The molecule has 4 N–H and O–H groups in total. The molecule has 0 saturated carbocycles. The van der Waals surface area contributed by atoms with Gasteiger partial charge in [0.15, 0.2) is 5.84 Å². The van der Waals surface area contributed by atoms with Gasteiger partial charge in [-0.2, -0.15) is 5.10 Å². The normalized spacial score (nSPS) is 13.5. The molecule has 16 heavy (non-hydrogen) atoms. The summed E-state index contributed by atoms with van der Waals surface area (Å²) in [5.74, 6) is -0.370. The summed E-state index contributed by atoms with van der Waals surface area (Å²) in [6.07, 6.45) is 2.20. The summed E-state index contributed by atoms with van der Waals surface area (Å²) in [6.45, 7) is 1.82. The van der Waals surface area contributed by atoms with E-state index in [1.165, 1.54) is 4.68 Å². The lowest BCUT2D eigenvalue weighted by atomic mass is 10.2. The van der Waals surface area contributed by atoms with Crippen molar-refractivity contribution in [3.63, 3.8) is 0 Å². The number of hydrogen-bond acceptors (Lipinski definition) is 4. The Balaban J connectivity index is 2.70. The molecule has 0 aromatic carbocycles. The molecule has 1 unspecified atom stereocenters. The average molecular weight is 225 g/mol. The number of rotatable bonds is 4. The fraction of sp³-hybridized carbons (Fsp3) is 0.444. The number of carbonyl (C=O) groups excluding carboxylic acids is 1. The molecule has 0 aliphatic carbocycles. The zero-order valence-corrected chi connectivity index (χ0v) is 9.21. The number of aromatic nitrogens is 2. The van der Waals surface area contributed by atoms with Crippen molar-refractivity contribution in [2.45, 2.75) is 19.4 Å². The number of hydrogen-bond donors (Lipinski definition) is 3. The Labute approximate surface area is 92.9 Å². The van der Waals surface area contributed by atoms with Crippen molar-refractivity contribution >= 4 is 11.7 Å². The maximum Gasteiger partial charge on any atom is 0.272 e. The van der Waals surface area contributed by atoms with Gasteiger partial charge in [-0.25, -0.2) is 0 Å². The summed E-state index contributed by atoms with van der Waals surface area (Å²) in [5.41, 5.74) is 5.72. The van der Waals surface area contributed by atoms with Crippen LogP contribution in [-0.4, -0.2) is 32.8 Å². The lowest BCUT2D eigenvalue weighted by Gasteiger charge is -2.13. The number of carbonyl (C=O) groups is 1. The van der Waals surface area contributed by atoms with Gasteiger partial charge < -0.3 is 16.3 Å². The molecule has 0 fully saturated rings. The van der Waals surface area contributed by atoms with Gasteiger partial charge in [0.2, 0.25) is 0 Å². The quantitative estimate of drug-likeness (QED) is 0.282. The van der Waals surface area contributed by atoms with Crippen LogP contribution in [0.1, 0.15) is 23.8 Å². The van der Waals surface area contributed by atoms with Crippen molar-refractivity contribution in [2.75, 3.05) is 0 Å². The van der Waals surface area contributed by atoms with Crippen molar-refractivity contribution in [3.05, 3.63) is 18.0 Å². The second kappa shape index (κ2) is 5.15. The standard InChI is InChI=1S/C9H15N5O2/c1-3-6(8(10)13-16)11-9(15)7-4-5-14(2)12-7/h4-6,16H,3H2,1-2H3,(H2,10,13)(H,11,15). The topological polar surface area (TPSA) is 106 Å². The predicted octanol–water partition coefficient (Wildman–Crippen LogP) is -0.325. The molecule has 0 saturated heterocycles. The van der Waals surface area contributed by atoms with E-state index in [0.29, 0.717) is 12.1 Å². The van der Waals surface area contributed by atoms with Crippen LogP contribution in [0.2, 0.25) is 0 Å². The number of nitrogens with zero attached hydrogens (tertiary/aromatic N) is 3. The molecular formula is C9H15N5O2. The molecule has 7 nitrogen and oxygen atoms in total. The Kier molecular flexibility index (Phi) is 3.87. The minimum Gasteiger partial charge on any atom is -0.409 e. The maximum absolute atomic E-state index is 11.7. The van der Waals surface area contributed by atoms with Crippen molar-refractivity contribution in [3.8, 4) is 0 Å². The Morgan fingerprint density at radius 2 is 2.50 bits per heavy atom. The first-order valence-electron chi connectivity index (χ1n) is 4.86. The molecule has 1 aromatic rings. The minimum absolute atomic E-state index is 0.0215. The zero-order valence-electron chi connectivity index (χ0n) is 9.21. The minimum atomic E-state index is -0.487. The fourth-order valence-electron chi connectivity index (χ4n) is 1.22. The Hall–Kier alpha value is -2.05. The van der Waals surface area contributed by atoms with Crippen molar-refractivity contribution < 1.29 is 10.0 Å². The lowest BCUT2D eigenvalue weighted by Crippen LogP contribution is -2.44. The third-order valence-electron chi connectivity index (χ3n) is 2.13. The second-order valence-corrected chi connectivity index (χ2v) is 3.33. The van der Waals surface area contributed by atoms with E-state index in [-0.39, 0.29) is 11.7 Å². The van der Waals surface area contributed by atoms with Crippen molar-refractivity contribution in [1.29, 1.82) is 0 Å². The molecule has 1 aromatic heterocycles. The summed E-state index contributed by atoms with van der Waals surface area (Å²) < 4.78 is 1.53. The van der Waals surface area contributed by atoms with E-state index in [1.54, 1.807) is 19.3 Å². The number of nitrogens with two attached hydrogens (primary N) is 1. The van der Waals surface area contributed by atoms with E-state index in [9.17, 15) is 4.79 Å². The molecule has 0 aliphatic heterocycles. The molecule has 1 amide bonds. The van der Waals surface area contributed by atoms with Gasteiger partial charge in [0.25, 0.3) is 5.91 Å². The van der Waals surface area contributed by atoms with E-state index >= 15 is 0 Å². The Morgan fingerprint density at radius 3 is 2.94 bits per heavy atom. The summed E-state index contributed by atoms with van der Waals surface area (Å²) in [4.78, 5) is 11.7.